The van der Waals surface area contributed by atoms with E-state index in [1.807, 2.05) is 23.6 Å². The lowest BCUT2D eigenvalue weighted by molar-refractivity contribution is 0.639. The van der Waals surface area contributed by atoms with Gasteiger partial charge in [0.1, 0.15) is 0 Å². The molecule has 0 spiro atoms. The van der Waals surface area contributed by atoms with Crippen LogP contribution in [0.4, 0.5) is 0 Å². The molecular weight excluding hydrogens is 324 g/mol. The van der Waals surface area contributed by atoms with Crippen LogP contribution in [-0.2, 0) is 0 Å². The number of benzene rings is 1. The van der Waals surface area contributed by atoms with Crippen molar-refractivity contribution >= 4 is 38.3 Å². The van der Waals surface area contributed by atoms with Crippen LogP contribution in [0.2, 0.25) is 0 Å². The van der Waals surface area contributed by atoms with E-state index in [0.717, 1.165) is 26.6 Å². The quantitative estimate of drug-likeness (QED) is 0.570. The number of hydrogen-bond acceptors (Lipinski definition) is 5. The number of nitrogens with one attached hydrogen (secondary N) is 1. The lowest BCUT2D eigenvalue weighted by Crippen LogP contribution is -2.29. The summed E-state index contributed by atoms with van der Waals surface area (Å²) in [6.07, 6.45) is 3.39. The normalized spacial score (nSPS) is 12.7. The highest BCUT2D eigenvalue weighted by Crippen LogP contribution is 2.33. The minimum atomic E-state index is -0.110. The average Bonchev–Trinajstić information content (AvgIpc) is 2.86. The Hall–Kier alpha value is -1.34. The molecule has 0 aliphatic rings. The van der Waals surface area contributed by atoms with Crippen molar-refractivity contribution in [3.63, 3.8) is 0 Å². The summed E-state index contributed by atoms with van der Waals surface area (Å²) in [7, 11) is 0. The van der Waals surface area contributed by atoms with Gasteiger partial charge in [-0.15, -0.1) is 0 Å². The Labute approximate surface area is 122 Å². The second-order valence-corrected chi connectivity index (χ2v) is 5.64. The molecule has 0 bridgehead atoms. The topological polar surface area (TPSA) is 63.8 Å². The minimum absolute atomic E-state index is 0.110. The molecule has 3 N–H and O–H groups in total. The molecule has 0 amide bonds. The van der Waals surface area contributed by atoms with Crippen LogP contribution in [0.5, 0.6) is 0 Å². The van der Waals surface area contributed by atoms with Gasteiger partial charge in [-0.1, -0.05) is 12.1 Å². The highest BCUT2D eigenvalue weighted by molar-refractivity contribution is 9.10. The molecule has 0 aliphatic heterocycles. The lowest BCUT2D eigenvalue weighted by atomic mass is 10.0. The van der Waals surface area contributed by atoms with Gasteiger partial charge in [-0.25, -0.2) is 5.43 Å². The molecule has 0 radical (unpaired) electrons. The van der Waals surface area contributed by atoms with E-state index in [4.69, 9.17) is 5.84 Å². The van der Waals surface area contributed by atoms with E-state index in [1.54, 1.807) is 23.7 Å². The van der Waals surface area contributed by atoms with Crippen molar-refractivity contribution in [1.29, 1.82) is 0 Å². The van der Waals surface area contributed by atoms with Crippen molar-refractivity contribution in [2.45, 2.75) is 6.04 Å². The summed E-state index contributed by atoms with van der Waals surface area (Å²) in [5.41, 5.74) is 6.72. The van der Waals surface area contributed by atoms with Crippen molar-refractivity contribution in [3.05, 3.63) is 57.0 Å². The number of hydrogen-bond donors (Lipinski definition) is 2. The van der Waals surface area contributed by atoms with Crippen molar-refractivity contribution in [3.8, 4) is 0 Å². The zero-order valence-electron chi connectivity index (χ0n) is 9.88. The second-order valence-electron chi connectivity index (χ2n) is 4.05. The Kier molecular flexibility index (Phi) is 3.56. The Morgan fingerprint density at radius 3 is 2.74 bits per heavy atom. The van der Waals surface area contributed by atoms with Gasteiger partial charge < -0.3 is 0 Å². The van der Waals surface area contributed by atoms with Gasteiger partial charge in [0.25, 0.3) is 0 Å². The predicted octanol–water partition coefficient (Wildman–Crippen LogP) is 3.01. The third-order valence-electron chi connectivity index (χ3n) is 2.96. The Bertz CT molecular complexity index is 707. The molecule has 0 saturated heterocycles. The molecule has 1 aromatic carbocycles. The van der Waals surface area contributed by atoms with Crippen LogP contribution in [0.1, 0.15) is 17.2 Å². The first-order valence-corrected chi connectivity index (χ1v) is 7.42. The van der Waals surface area contributed by atoms with Gasteiger partial charge in [0, 0.05) is 27.8 Å². The number of thiophene rings is 1. The maximum absolute atomic E-state index is 5.74. The van der Waals surface area contributed by atoms with Gasteiger partial charge >= 0.3 is 0 Å². The molecule has 1 atom stereocenters. The van der Waals surface area contributed by atoms with E-state index in [2.05, 4.69) is 36.7 Å². The van der Waals surface area contributed by atoms with E-state index in [0.29, 0.717) is 0 Å². The maximum Gasteiger partial charge on any atom is 0.0938 e. The fraction of sp³-hybridized carbons (Fsp3) is 0.0769. The SMILES string of the molecule is NNC(c1cscc1Br)c1cccc2nccnc12. The summed E-state index contributed by atoms with van der Waals surface area (Å²) in [6.45, 7) is 0. The summed E-state index contributed by atoms with van der Waals surface area (Å²) >= 11 is 5.18. The summed E-state index contributed by atoms with van der Waals surface area (Å²) in [5, 5.41) is 4.11. The van der Waals surface area contributed by atoms with Crippen LogP contribution in [0, 0.1) is 0 Å². The highest BCUT2D eigenvalue weighted by Gasteiger charge is 2.19. The number of rotatable bonds is 3. The standard InChI is InChI=1S/C13H11BrN4S/c14-10-7-19-6-9(10)12(18-15)8-2-1-3-11-13(8)17-5-4-16-11/h1-7,12,18H,15H2. The molecule has 96 valence electrons. The monoisotopic (exact) mass is 334 g/mol. The fourth-order valence-corrected chi connectivity index (χ4v) is 3.64. The third-order valence-corrected chi connectivity index (χ3v) is 4.71. The Morgan fingerprint density at radius 2 is 2.00 bits per heavy atom. The molecule has 4 nitrogen and oxygen atoms in total. The van der Waals surface area contributed by atoms with E-state index >= 15 is 0 Å². The molecule has 3 aromatic rings. The largest absolute Gasteiger partial charge is 0.271 e. The van der Waals surface area contributed by atoms with Crippen LogP contribution in [0.25, 0.3) is 11.0 Å². The number of hydrazine groups is 1. The molecule has 0 fully saturated rings. The van der Waals surface area contributed by atoms with Crippen molar-refractivity contribution in [2.75, 3.05) is 0 Å². The predicted molar refractivity (Wildman–Crippen MR) is 80.7 cm³/mol. The molecule has 6 heteroatoms. The molecule has 2 aromatic heterocycles. The van der Waals surface area contributed by atoms with Crippen molar-refractivity contribution in [2.24, 2.45) is 5.84 Å². The maximum atomic E-state index is 5.74. The first-order valence-electron chi connectivity index (χ1n) is 5.68. The number of para-hydroxylation sites is 1. The number of nitrogens with zero attached hydrogens (tertiary/aromatic N) is 2. The van der Waals surface area contributed by atoms with E-state index in [1.165, 1.54) is 0 Å². The van der Waals surface area contributed by atoms with Crippen molar-refractivity contribution < 1.29 is 0 Å². The number of fused-ring (bicyclic) bond motifs is 1. The van der Waals surface area contributed by atoms with E-state index in [-0.39, 0.29) is 6.04 Å². The highest BCUT2D eigenvalue weighted by atomic mass is 79.9. The molecule has 0 aliphatic carbocycles. The third kappa shape index (κ3) is 2.28. The minimum Gasteiger partial charge on any atom is -0.271 e. The summed E-state index contributed by atoms with van der Waals surface area (Å²) < 4.78 is 1.04. The molecule has 2 heterocycles. The number of nitrogens with two attached hydrogens (primary N) is 1. The van der Waals surface area contributed by atoms with Crippen LogP contribution in [0.15, 0.2) is 45.8 Å². The van der Waals surface area contributed by atoms with E-state index in [9.17, 15) is 0 Å². The van der Waals surface area contributed by atoms with Gasteiger partial charge in [-0.05, 0) is 32.9 Å². The average molecular weight is 335 g/mol. The van der Waals surface area contributed by atoms with Gasteiger partial charge in [0.2, 0.25) is 0 Å². The summed E-state index contributed by atoms with van der Waals surface area (Å²) in [6, 6.07) is 5.83. The second kappa shape index (κ2) is 5.34. The van der Waals surface area contributed by atoms with Gasteiger partial charge in [-0.3, -0.25) is 15.8 Å². The van der Waals surface area contributed by atoms with E-state index < -0.39 is 0 Å². The molecular formula is C13H11BrN4S. The fourth-order valence-electron chi connectivity index (χ4n) is 2.09. The molecule has 1 unspecified atom stereocenters. The number of aromatic nitrogens is 2. The first kappa shape index (κ1) is 12.7. The lowest BCUT2D eigenvalue weighted by Gasteiger charge is -2.17. The van der Waals surface area contributed by atoms with Crippen LogP contribution >= 0.6 is 27.3 Å². The first-order chi connectivity index (χ1) is 9.31. The van der Waals surface area contributed by atoms with Gasteiger partial charge in [0.15, 0.2) is 0 Å². The Morgan fingerprint density at radius 1 is 1.16 bits per heavy atom. The van der Waals surface area contributed by atoms with Gasteiger partial charge in [0.05, 0.1) is 17.1 Å². The Balaban J connectivity index is 2.20. The van der Waals surface area contributed by atoms with Crippen LogP contribution < -0.4 is 11.3 Å². The summed E-state index contributed by atoms with van der Waals surface area (Å²) in [4.78, 5) is 8.74. The summed E-state index contributed by atoms with van der Waals surface area (Å²) in [5.74, 6) is 5.74. The van der Waals surface area contributed by atoms with Crippen LogP contribution in [0.3, 0.4) is 0 Å². The van der Waals surface area contributed by atoms with Gasteiger partial charge in [-0.2, -0.15) is 11.3 Å². The molecule has 0 saturated carbocycles. The number of halogens is 1. The molecule has 3 rings (SSSR count). The zero-order chi connectivity index (χ0) is 13.2. The zero-order valence-corrected chi connectivity index (χ0v) is 12.3. The molecule has 19 heavy (non-hydrogen) atoms. The van der Waals surface area contributed by atoms with Crippen molar-refractivity contribution in [1.82, 2.24) is 15.4 Å². The smallest absolute Gasteiger partial charge is 0.0938 e. The van der Waals surface area contributed by atoms with Crippen LogP contribution in [-0.4, -0.2) is 9.97 Å².